The van der Waals surface area contributed by atoms with Gasteiger partial charge < -0.3 is 10.6 Å². The predicted octanol–water partition coefficient (Wildman–Crippen LogP) is 3.11. The van der Waals surface area contributed by atoms with Crippen LogP contribution < -0.4 is 10.6 Å². The second-order valence-electron chi connectivity index (χ2n) is 5.67. The summed E-state index contributed by atoms with van der Waals surface area (Å²) in [6, 6.07) is 8.48. The molecule has 0 bridgehead atoms. The first kappa shape index (κ1) is 15.3. The lowest BCUT2D eigenvalue weighted by molar-refractivity contribution is 0.785. The second kappa shape index (κ2) is 6.64. The van der Waals surface area contributed by atoms with Crippen molar-refractivity contribution >= 4 is 22.8 Å². The van der Waals surface area contributed by atoms with Gasteiger partial charge in [0.25, 0.3) is 0 Å². The van der Waals surface area contributed by atoms with E-state index in [2.05, 4.69) is 63.8 Å². The topological polar surface area (TPSA) is 67.7 Å². The lowest BCUT2D eigenvalue weighted by Crippen LogP contribution is -2.09. The van der Waals surface area contributed by atoms with E-state index in [0.29, 0.717) is 12.5 Å². The van der Waals surface area contributed by atoms with Gasteiger partial charge in [0.05, 0.1) is 11.6 Å². The molecule has 3 rings (SSSR count). The van der Waals surface area contributed by atoms with E-state index < -0.39 is 0 Å². The Morgan fingerprint density at radius 1 is 1.09 bits per heavy atom. The molecule has 0 atom stereocenters. The summed E-state index contributed by atoms with van der Waals surface area (Å²) in [5.74, 6) is 1.44. The molecule has 0 aliphatic heterocycles. The zero-order valence-electron chi connectivity index (χ0n) is 13.8. The zero-order chi connectivity index (χ0) is 16.2. The van der Waals surface area contributed by atoms with Crippen LogP contribution in [0.2, 0.25) is 0 Å². The van der Waals surface area contributed by atoms with E-state index in [1.165, 1.54) is 11.1 Å². The Bertz CT molecular complexity index is 791. The van der Waals surface area contributed by atoms with E-state index in [4.69, 9.17) is 0 Å². The molecule has 0 aliphatic carbocycles. The maximum Gasteiger partial charge on any atom is 0.226 e. The number of benzene rings is 1. The third-order valence-corrected chi connectivity index (χ3v) is 3.71. The van der Waals surface area contributed by atoms with Crippen molar-refractivity contribution in [3.63, 3.8) is 0 Å². The normalized spacial score (nSPS) is 10.9. The minimum Gasteiger partial charge on any atom is -0.365 e. The number of rotatable bonds is 6. The first-order chi connectivity index (χ1) is 11.2. The highest BCUT2D eigenvalue weighted by molar-refractivity contribution is 5.87. The summed E-state index contributed by atoms with van der Waals surface area (Å²) in [5, 5.41) is 11.9. The van der Waals surface area contributed by atoms with E-state index >= 15 is 0 Å². The third kappa shape index (κ3) is 3.41. The van der Waals surface area contributed by atoms with Crippen LogP contribution >= 0.6 is 0 Å². The van der Waals surface area contributed by atoms with Crippen LogP contribution in [0.25, 0.3) is 11.0 Å². The molecule has 23 heavy (non-hydrogen) atoms. The molecule has 0 unspecified atom stereocenters. The van der Waals surface area contributed by atoms with Gasteiger partial charge in [0.15, 0.2) is 5.65 Å². The van der Waals surface area contributed by atoms with E-state index in [-0.39, 0.29) is 0 Å². The van der Waals surface area contributed by atoms with Crippen LogP contribution in [0.1, 0.15) is 24.5 Å². The summed E-state index contributed by atoms with van der Waals surface area (Å²) in [7, 11) is 1.89. The highest BCUT2D eigenvalue weighted by atomic mass is 15.3. The first-order valence-electron chi connectivity index (χ1n) is 7.90. The SMILES string of the molecule is CCCNc1nc(NCc2ccc(C)cc2)c2cnn(C)c2n1. The van der Waals surface area contributed by atoms with Crippen LogP contribution in [-0.4, -0.2) is 26.3 Å². The second-order valence-corrected chi connectivity index (χ2v) is 5.67. The number of nitrogens with one attached hydrogen (secondary N) is 2. The molecule has 1 aromatic carbocycles. The highest BCUT2D eigenvalue weighted by Gasteiger charge is 2.11. The number of hydrogen-bond acceptors (Lipinski definition) is 5. The first-order valence-corrected chi connectivity index (χ1v) is 7.90. The molecule has 0 aliphatic rings. The maximum atomic E-state index is 4.60. The van der Waals surface area contributed by atoms with Gasteiger partial charge in [0, 0.05) is 20.1 Å². The van der Waals surface area contributed by atoms with Gasteiger partial charge in [-0.25, -0.2) is 0 Å². The van der Waals surface area contributed by atoms with Crippen molar-refractivity contribution in [1.82, 2.24) is 19.7 Å². The molecule has 2 N–H and O–H groups in total. The van der Waals surface area contributed by atoms with Gasteiger partial charge in [0.1, 0.15) is 5.82 Å². The molecule has 3 aromatic rings. The van der Waals surface area contributed by atoms with Crippen LogP contribution in [-0.2, 0) is 13.6 Å². The maximum absolute atomic E-state index is 4.60. The lowest BCUT2D eigenvalue weighted by Gasteiger charge is -2.10. The van der Waals surface area contributed by atoms with Crippen molar-refractivity contribution in [1.29, 1.82) is 0 Å². The monoisotopic (exact) mass is 310 g/mol. The standard InChI is InChI=1S/C17H22N6/c1-4-9-18-17-21-15(14-11-20-23(3)16(14)22-17)19-10-13-7-5-12(2)6-8-13/h5-8,11H,4,9-10H2,1-3H3,(H2,18,19,21,22). The Balaban J connectivity index is 1.87. The average Bonchev–Trinajstić information content (AvgIpc) is 2.93. The van der Waals surface area contributed by atoms with Crippen molar-refractivity contribution in [2.24, 2.45) is 7.05 Å². The molecule has 0 spiro atoms. The van der Waals surface area contributed by atoms with Gasteiger partial charge in [-0.15, -0.1) is 0 Å². The van der Waals surface area contributed by atoms with Gasteiger partial charge in [-0.2, -0.15) is 15.1 Å². The number of nitrogens with zero attached hydrogens (tertiary/aromatic N) is 4. The number of fused-ring (bicyclic) bond motifs is 1. The minimum atomic E-state index is 0.634. The van der Waals surface area contributed by atoms with Crippen molar-refractivity contribution in [3.05, 3.63) is 41.6 Å². The fourth-order valence-electron chi connectivity index (χ4n) is 2.36. The van der Waals surface area contributed by atoms with Gasteiger partial charge in [0.2, 0.25) is 5.95 Å². The molecule has 0 saturated heterocycles. The Labute approximate surface area is 136 Å². The molecular weight excluding hydrogens is 288 g/mol. The summed E-state index contributed by atoms with van der Waals surface area (Å²) < 4.78 is 1.77. The quantitative estimate of drug-likeness (QED) is 0.732. The highest BCUT2D eigenvalue weighted by Crippen LogP contribution is 2.22. The van der Waals surface area contributed by atoms with Crippen LogP contribution in [0.3, 0.4) is 0 Å². The van der Waals surface area contributed by atoms with Gasteiger partial charge in [-0.1, -0.05) is 36.8 Å². The molecule has 6 nitrogen and oxygen atoms in total. The fourth-order valence-corrected chi connectivity index (χ4v) is 2.36. The van der Waals surface area contributed by atoms with Crippen molar-refractivity contribution in [2.75, 3.05) is 17.2 Å². The summed E-state index contributed by atoms with van der Waals surface area (Å²) in [4.78, 5) is 9.14. The molecule has 6 heteroatoms. The van der Waals surface area contributed by atoms with E-state index in [1.807, 2.05) is 7.05 Å². The largest absolute Gasteiger partial charge is 0.365 e. The van der Waals surface area contributed by atoms with E-state index in [1.54, 1.807) is 10.9 Å². The summed E-state index contributed by atoms with van der Waals surface area (Å²) in [6.45, 7) is 5.77. The Hall–Kier alpha value is -2.63. The average molecular weight is 310 g/mol. The lowest BCUT2D eigenvalue weighted by atomic mass is 10.1. The Morgan fingerprint density at radius 3 is 2.61 bits per heavy atom. The van der Waals surface area contributed by atoms with Crippen LogP contribution in [0.4, 0.5) is 11.8 Å². The van der Waals surface area contributed by atoms with Crippen molar-refractivity contribution in [3.8, 4) is 0 Å². The molecule has 0 amide bonds. The van der Waals surface area contributed by atoms with Gasteiger partial charge >= 0.3 is 0 Å². The van der Waals surface area contributed by atoms with E-state index in [9.17, 15) is 0 Å². The van der Waals surface area contributed by atoms with E-state index in [0.717, 1.165) is 29.8 Å². The van der Waals surface area contributed by atoms with Gasteiger partial charge in [-0.3, -0.25) is 4.68 Å². The van der Waals surface area contributed by atoms with Crippen LogP contribution in [0, 0.1) is 6.92 Å². The summed E-state index contributed by atoms with van der Waals surface area (Å²) >= 11 is 0. The number of hydrogen-bond donors (Lipinski definition) is 2. The molecule has 0 radical (unpaired) electrons. The summed E-state index contributed by atoms with van der Waals surface area (Å²) in [5.41, 5.74) is 3.30. The van der Waals surface area contributed by atoms with Crippen molar-refractivity contribution in [2.45, 2.75) is 26.8 Å². The predicted molar refractivity (Wildman–Crippen MR) is 93.6 cm³/mol. The molecule has 2 aromatic heterocycles. The third-order valence-electron chi connectivity index (χ3n) is 3.71. The Kier molecular flexibility index (Phi) is 4.41. The fraction of sp³-hybridized carbons (Fsp3) is 0.353. The number of aryl methyl sites for hydroxylation is 2. The summed E-state index contributed by atoms with van der Waals surface area (Å²) in [6.07, 6.45) is 2.83. The minimum absolute atomic E-state index is 0.634. The van der Waals surface area contributed by atoms with Gasteiger partial charge in [-0.05, 0) is 18.9 Å². The zero-order valence-corrected chi connectivity index (χ0v) is 13.8. The molecule has 2 heterocycles. The Morgan fingerprint density at radius 2 is 1.87 bits per heavy atom. The van der Waals surface area contributed by atoms with Crippen LogP contribution in [0.5, 0.6) is 0 Å². The molecule has 0 fully saturated rings. The van der Waals surface area contributed by atoms with Crippen molar-refractivity contribution < 1.29 is 0 Å². The number of aromatic nitrogens is 4. The molecule has 0 saturated carbocycles. The number of anilines is 2. The smallest absolute Gasteiger partial charge is 0.226 e. The van der Waals surface area contributed by atoms with Crippen LogP contribution in [0.15, 0.2) is 30.5 Å². The molecular formula is C17H22N6. The molecule has 120 valence electrons.